The van der Waals surface area contributed by atoms with Crippen LogP contribution >= 0.6 is 0 Å². The lowest BCUT2D eigenvalue weighted by atomic mass is 10.2. The number of nitro groups is 1. The fraction of sp³-hybridized carbons (Fsp3) is 0.143. The Morgan fingerprint density at radius 2 is 2.45 bits per heavy atom. The molecule has 0 aliphatic carbocycles. The smallest absolute Gasteiger partial charge is 0.271 e. The summed E-state index contributed by atoms with van der Waals surface area (Å²) in [6, 6.07) is 3.32. The predicted molar refractivity (Wildman–Crippen MR) is 42.2 cm³/mol. The molecular weight excluding hydrogens is 144 g/mol. The first-order valence-electron chi connectivity index (χ1n) is 4.37. The number of nitrogens with zero attached hydrogens (tertiary/aromatic N) is 1. The lowest BCUT2D eigenvalue weighted by Gasteiger charge is -1.97. The largest absolute Gasteiger partial charge is 0.398 e. The van der Waals surface area contributed by atoms with Crippen LogP contribution < -0.4 is 5.73 Å². The van der Waals surface area contributed by atoms with Crippen molar-refractivity contribution in [3.05, 3.63) is 33.9 Å². The third kappa shape index (κ3) is 1.46. The second-order valence-electron chi connectivity index (χ2n) is 2.03. The number of anilines is 1. The Bertz CT molecular complexity index is 376. The van der Waals surface area contributed by atoms with E-state index in [1.54, 1.807) is 0 Å². The van der Waals surface area contributed by atoms with E-state index < -0.39 is 11.8 Å². The monoisotopic (exact) mass is 155 g/mol. The molecule has 11 heavy (non-hydrogen) atoms. The van der Waals surface area contributed by atoms with E-state index in [0.29, 0.717) is 0 Å². The Kier molecular flexibility index (Phi) is 1.01. The van der Waals surface area contributed by atoms with E-state index in [1.165, 1.54) is 0 Å². The van der Waals surface area contributed by atoms with Crippen molar-refractivity contribution in [3.8, 4) is 0 Å². The van der Waals surface area contributed by atoms with Gasteiger partial charge >= 0.3 is 0 Å². The molecule has 0 heterocycles. The molecule has 0 atom stereocenters. The molecule has 4 nitrogen and oxygen atoms in total. The molecule has 0 saturated heterocycles. The molecule has 0 saturated carbocycles. The van der Waals surface area contributed by atoms with Gasteiger partial charge in [-0.05, 0) is 12.4 Å². The van der Waals surface area contributed by atoms with Crippen molar-refractivity contribution < 1.29 is 9.04 Å². The molecule has 0 aliphatic heterocycles. The van der Waals surface area contributed by atoms with Crippen LogP contribution in [-0.2, 0) is 0 Å². The van der Waals surface area contributed by atoms with Crippen molar-refractivity contribution in [1.82, 2.24) is 0 Å². The first-order valence-corrected chi connectivity index (χ1v) is 2.87. The van der Waals surface area contributed by atoms with Gasteiger partial charge < -0.3 is 5.73 Å². The van der Waals surface area contributed by atoms with Gasteiger partial charge in [0.15, 0.2) is 0 Å². The van der Waals surface area contributed by atoms with Crippen LogP contribution in [-0.4, -0.2) is 4.92 Å². The van der Waals surface area contributed by atoms with E-state index in [0.717, 1.165) is 18.2 Å². The van der Waals surface area contributed by atoms with Gasteiger partial charge in [-0.25, -0.2) is 0 Å². The van der Waals surface area contributed by atoms with Crippen molar-refractivity contribution in [3.63, 3.8) is 0 Å². The molecule has 58 valence electrons. The first-order chi connectivity index (χ1) is 6.32. The van der Waals surface area contributed by atoms with Gasteiger partial charge in [-0.15, -0.1) is 0 Å². The molecule has 0 bridgehead atoms. The third-order valence-electron chi connectivity index (χ3n) is 1.25. The van der Waals surface area contributed by atoms with Crippen LogP contribution in [0.4, 0.5) is 11.4 Å². The highest BCUT2D eigenvalue weighted by Gasteiger charge is 2.05. The molecule has 4 heteroatoms. The zero-order valence-corrected chi connectivity index (χ0v) is 5.57. The zero-order chi connectivity index (χ0) is 10.9. The molecule has 0 unspecified atom stereocenters. The lowest BCUT2D eigenvalue weighted by Crippen LogP contribution is -1.92. The van der Waals surface area contributed by atoms with Crippen molar-refractivity contribution in [1.29, 1.82) is 0 Å². The Hall–Kier alpha value is -1.58. The van der Waals surface area contributed by atoms with E-state index in [1.807, 2.05) is 0 Å². The van der Waals surface area contributed by atoms with Gasteiger partial charge in [0.1, 0.15) is 0 Å². The molecule has 2 N–H and O–H groups in total. The Balaban J connectivity index is 3.21. The van der Waals surface area contributed by atoms with Crippen molar-refractivity contribution in [2.24, 2.45) is 0 Å². The lowest BCUT2D eigenvalue weighted by molar-refractivity contribution is -0.384. The number of hydrogen-bond donors (Lipinski definition) is 1. The Morgan fingerprint density at radius 3 is 2.91 bits per heavy atom. The number of rotatable bonds is 1. The highest BCUT2D eigenvalue weighted by atomic mass is 16.6. The summed E-state index contributed by atoms with van der Waals surface area (Å²) in [7, 11) is 0. The molecule has 0 spiro atoms. The number of nitrogens with two attached hydrogens (primary N) is 1. The SMILES string of the molecule is [2H]C([2H])([2H])c1ccc([N+](=O)[O-])cc1N. The van der Waals surface area contributed by atoms with Gasteiger partial charge in [-0.3, -0.25) is 10.1 Å². The van der Waals surface area contributed by atoms with E-state index >= 15 is 0 Å². The van der Waals surface area contributed by atoms with Crippen LogP contribution in [0.5, 0.6) is 0 Å². The molecule has 0 fully saturated rings. The van der Waals surface area contributed by atoms with E-state index in [9.17, 15) is 10.1 Å². The Labute approximate surface area is 68.0 Å². The molecule has 1 rings (SSSR count). The van der Waals surface area contributed by atoms with Crippen LogP contribution in [0, 0.1) is 17.0 Å². The summed E-state index contributed by atoms with van der Waals surface area (Å²) in [5.74, 6) is 0. The van der Waals surface area contributed by atoms with Crippen LogP contribution in [0.3, 0.4) is 0 Å². The van der Waals surface area contributed by atoms with Gasteiger partial charge in [0, 0.05) is 21.9 Å². The van der Waals surface area contributed by atoms with Gasteiger partial charge in [0.25, 0.3) is 5.69 Å². The summed E-state index contributed by atoms with van der Waals surface area (Å²) in [5, 5.41) is 10.3. The normalized spacial score (nSPS) is 14.7. The van der Waals surface area contributed by atoms with Gasteiger partial charge in [0.05, 0.1) is 4.92 Å². The number of aryl methyl sites for hydroxylation is 1. The zero-order valence-electron chi connectivity index (χ0n) is 8.57. The van der Waals surface area contributed by atoms with Crippen molar-refractivity contribution in [2.75, 3.05) is 5.73 Å². The number of non-ortho nitro benzene ring substituents is 1. The van der Waals surface area contributed by atoms with Crippen LogP contribution in [0.25, 0.3) is 0 Å². The van der Waals surface area contributed by atoms with Crippen molar-refractivity contribution in [2.45, 2.75) is 6.85 Å². The summed E-state index contributed by atoms with van der Waals surface area (Å²) in [5.41, 5.74) is 5.02. The molecule has 0 aliphatic rings. The standard InChI is InChI=1S/C7H8N2O2/c1-5-2-3-6(9(10)11)4-7(5)8/h2-4H,8H2,1H3/i1D3. The maximum absolute atomic E-state index is 10.3. The fourth-order valence-electron chi connectivity index (χ4n) is 0.664. The highest BCUT2D eigenvalue weighted by Crippen LogP contribution is 2.18. The number of benzene rings is 1. The highest BCUT2D eigenvalue weighted by molar-refractivity contribution is 5.53. The minimum absolute atomic E-state index is 0.0666. The second kappa shape index (κ2) is 2.57. The van der Waals surface area contributed by atoms with Gasteiger partial charge in [0.2, 0.25) is 0 Å². The van der Waals surface area contributed by atoms with Crippen LogP contribution in [0.15, 0.2) is 18.2 Å². The molecule has 1 aromatic carbocycles. The third-order valence-corrected chi connectivity index (χ3v) is 1.25. The summed E-state index contributed by atoms with van der Waals surface area (Å²) in [4.78, 5) is 9.70. The quantitative estimate of drug-likeness (QED) is 0.379. The molecule has 0 aromatic heterocycles. The van der Waals surface area contributed by atoms with Gasteiger partial charge in [-0.2, -0.15) is 0 Å². The Morgan fingerprint density at radius 1 is 1.73 bits per heavy atom. The summed E-state index contributed by atoms with van der Waals surface area (Å²) >= 11 is 0. The second-order valence-corrected chi connectivity index (χ2v) is 2.03. The number of nitro benzene ring substituents is 1. The van der Waals surface area contributed by atoms with Crippen LogP contribution in [0.2, 0.25) is 0 Å². The predicted octanol–water partition coefficient (Wildman–Crippen LogP) is 1.49. The number of hydrogen-bond acceptors (Lipinski definition) is 3. The summed E-state index contributed by atoms with van der Waals surface area (Å²) in [6.45, 7) is -2.33. The molecular formula is C7H8N2O2. The maximum atomic E-state index is 10.3. The summed E-state index contributed by atoms with van der Waals surface area (Å²) in [6.07, 6.45) is 0. The van der Waals surface area contributed by atoms with Gasteiger partial charge in [-0.1, -0.05) is 6.07 Å². The molecule has 0 radical (unpaired) electrons. The molecule has 0 amide bonds. The summed E-state index contributed by atoms with van der Waals surface area (Å²) < 4.78 is 21.2. The molecule has 1 aromatic rings. The first kappa shape index (κ1) is 4.33. The minimum Gasteiger partial charge on any atom is -0.398 e. The van der Waals surface area contributed by atoms with Crippen molar-refractivity contribution >= 4 is 11.4 Å². The number of nitrogen functional groups attached to an aromatic ring is 1. The van der Waals surface area contributed by atoms with E-state index in [2.05, 4.69) is 0 Å². The van der Waals surface area contributed by atoms with E-state index in [4.69, 9.17) is 9.85 Å². The fourth-order valence-corrected chi connectivity index (χ4v) is 0.664. The topological polar surface area (TPSA) is 69.2 Å². The van der Waals surface area contributed by atoms with Crippen LogP contribution in [0.1, 0.15) is 9.68 Å². The average Bonchev–Trinajstić information content (AvgIpc) is 2.01. The minimum atomic E-state index is -2.33. The van der Waals surface area contributed by atoms with E-state index in [-0.39, 0.29) is 16.9 Å². The average molecular weight is 155 g/mol. The maximum Gasteiger partial charge on any atom is 0.271 e.